The number of hydrogen-bond donors (Lipinski definition) is 1. The van der Waals surface area contributed by atoms with Crippen molar-refractivity contribution in [1.29, 1.82) is 0 Å². The van der Waals surface area contributed by atoms with Gasteiger partial charge in [0.25, 0.3) is 0 Å². The first kappa shape index (κ1) is 48.2. The molecule has 0 amide bonds. The Morgan fingerprint density at radius 3 is 1.92 bits per heavy atom. The zero-order valence-corrected chi connectivity index (χ0v) is 42.6. The van der Waals surface area contributed by atoms with Crippen LogP contribution in [0.25, 0.3) is 54.7 Å². The molecule has 2 heterocycles. The number of pyridine rings is 1. The summed E-state index contributed by atoms with van der Waals surface area (Å²) >= 11 is 0. The number of hydrogen-bond acceptors (Lipinski definition) is 4. The van der Waals surface area contributed by atoms with Gasteiger partial charge in [-0.15, -0.1) is 29.1 Å². The smallest absolute Gasteiger partial charge is 0.165 e. The predicted octanol–water partition coefficient (Wildman–Crippen LogP) is 16.0. The van der Waals surface area contributed by atoms with Crippen molar-refractivity contribution in [2.75, 3.05) is 0 Å². The minimum absolute atomic E-state index is 0. The molecule has 329 valence electrons. The summed E-state index contributed by atoms with van der Waals surface area (Å²) in [5.41, 5.74) is 7.55. The van der Waals surface area contributed by atoms with Crippen molar-refractivity contribution in [3.8, 4) is 11.3 Å². The van der Waals surface area contributed by atoms with E-state index >= 15 is 0 Å². The van der Waals surface area contributed by atoms with Gasteiger partial charge in [0, 0.05) is 65.2 Å². The zero-order valence-electron chi connectivity index (χ0n) is 40.2. The number of furan rings is 1. The maximum absolute atomic E-state index is 12.8. The first-order valence-corrected chi connectivity index (χ1v) is 22.5. The van der Waals surface area contributed by atoms with E-state index in [2.05, 4.69) is 171 Å². The number of nitrogens with zero attached hydrogens (tertiary/aromatic N) is 1. The fourth-order valence-electron chi connectivity index (χ4n) is 9.75. The Morgan fingerprint density at radius 2 is 1.33 bits per heavy atom. The van der Waals surface area contributed by atoms with Crippen LogP contribution in [-0.4, -0.2) is 15.9 Å². The van der Waals surface area contributed by atoms with Crippen molar-refractivity contribution in [3.05, 3.63) is 101 Å². The molecule has 0 atom stereocenters. The molecule has 0 aliphatic heterocycles. The largest absolute Gasteiger partial charge is 0.512 e. The Morgan fingerprint density at radius 1 is 0.738 bits per heavy atom. The van der Waals surface area contributed by atoms with Gasteiger partial charge in [-0.25, -0.2) is 0 Å². The Hall–Kier alpha value is -3.79. The number of carbonyl (C=O) groups excluding carboxylic acids is 1. The Balaban J connectivity index is 0.000000276. The van der Waals surface area contributed by atoms with Gasteiger partial charge in [-0.3, -0.25) is 9.78 Å². The van der Waals surface area contributed by atoms with Gasteiger partial charge in [0.2, 0.25) is 0 Å². The van der Waals surface area contributed by atoms with E-state index in [0.29, 0.717) is 0 Å². The van der Waals surface area contributed by atoms with E-state index < -0.39 is 5.41 Å². The van der Waals surface area contributed by atoms with E-state index in [1.165, 1.54) is 40.0 Å². The van der Waals surface area contributed by atoms with Crippen LogP contribution in [0.15, 0.2) is 83.1 Å². The van der Waals surface area contributed by atoms with Gasteiger partial charge in [0.1, 0.15) is 16.9 Å². The molecule has 61 heavy (non-hydrogen) atoms. The minimum atomic E-state index is -0.442. The van der Waals surface area contributed by atoms with Crippen molar-refractivity contribution in [3.63, 3.8) is 0 Å². The summed E-state index contributed by atoms with van der Waals surface area (Å²) < 4.78 is 6.73. The Kier molecular flexibility index (Phi) is 13.5. The van der Waals surface area contributed by atoms with Gasteiger partial charge in [0.15, 0.2) is 5.78 Å². The van der Waals surface area contributed by atoms with Gasteiger partial charge >= 0.3 is 0 Å². The van der Waals surface area contributed by atoms with Crippen molar-refractivity contribution >= 4 is 49.3 Å². The molecular weight excluding hydrogens is 927 g/mol. The molecule has 1 radical (unpaired) electrons. The van der Waals surface area contributed by atoms with Crippen molar-refractivity contribution in [2.24, 2.45) is 34.5 Å². The quantitative estimate of drug-likeness (QED) is 0.0937. The standard InChI is InChI=1S/C37H36NO.C19H36O2.Ir/c1-35(2,3)30-19-24(18-22-10-8-9-11-25(22)30)33-27-21-28-26-12-13-29-32(37(6,7)16-15-36(29,4)5)34(26)39-31(28)20-23(27)14-17-38-33;1-12(2)18(9,13(3)4)16(20)11-17(21)19(10,14(5)6)15(7)8;/h8-14,17,19-21H,15-16H2,1-7H3;11-15,20H,1-10H3;/q-1;;/b;16-11-;. The summed E-state index contributed by atoms with van der Waals surface area (Å²) in [6.07, 6.45) is 5.77. The van der Waals surface area contributed by atoms with Crippen LogP contribution >= 0.6 is 0 Å². The van der Waals surface area contributed by atoms with Gasteiger partial charge in [-0.1, -0.05) is 159 Å². The first-order valence-electron chi connectivity index (χ1n) is 22.5. The molecule has 5 heteroatoms. The summed E-state index contributed by atoms with van der Waals surface area (Å²) in [7, 11) is 0. The van der Waals surface area contributed by atoms with Crippen LogP contribution in [0.3, 0.4) is 0 Å². The molecule has 1 aliphatic rings. The number of ketones is 1. The van der Waals surface area contributed by atoms with Crippen LogP contribution in [0.4, 0.5) is 0 Å². The Labute approximate surface area is 380 Å². The average molecular weight is 999 g/mol. The Bertz CT molecular complexity index is 2590. The van der Waals surface area contributed by atoms with Crippen molar-refractivity contribution in [1.82, 2.24) is 4.98 Å². The van der Waals surface area contributed by atoms with Crippen LogP contribution in [0.1, 0.15) is 147 Å². The normalized spacial score (nSPS) is 15.8. The average Bonchev–Trinajstić information content (AvgIpc) is 3.53. The SMILES string of the molecule is CC(C)(C)c1cc(-c2nccc3cc4oc5c6c(ccc5c4cc23)C(C)(C)CCC6(C)C)[c-]c2ccccc12.CC(C)C(C)(C(=O)/C=C(\O)C(C)(C(C)C)C(C)C)C(C)C.[Ir]. The van der Waals surface area contributed by atoms with Crippen LogP contribution in [0, 0.1) is 40.6 Å². The summed E-state index contributed by atoms with van der Waals surface area (Å²) in [6.45, 7) is 37.1. The number of allylic oxidation sites excluding steroid dienone is 2. The molecule has 6 aromatic rings. The molecule has 4 nitrogen and oxygen atoms in total. The van der Waals surface area contributed by atoms with Gasteiger partial charge in [0.05, 0.1) is 0 Å². The molecule has 4 aromatic carbocycles. The third-order valence-corrected chi connectivity index (χ3v) is 15.3. The van der Waals surface area contributed by atoms with E-state index in [0.717, 1.165) is 50.4 Å². The van der Waals surface area contributed by atoms with Crippen LogP contribution < -0.4 is 0 Å². The fourth-order valence-corrected chi connectivity index (χ4v) is 9.75. The van der Waals surface area contributed by atoms with Gasteiger partial charge in [-0.2, -0.15) is 0 Å². The molecular formula is C56H72IrNO3-. The monoisotopic (exact) mass is 1000 g/mol. The minimum Gasteiger partial charge on any atom is -0.512 e. The first-order chi connectivity index (χ1) is 27.8. The number of fused-ring (bicyclic) bond motifs is 7. The van der Waals surface area contributed by atoms with Crippen LogP contribution in [0.5, 0.6) is 0 Å². The summed E-state index contributed by atoms with van der Waals surface area (Å²) in [6, 6.07) is 25.8. The third kappa shape index (κ3) is 8.52. The molecule has 1 N–H and O–H groups in total. The van der Waals surface area contributed by atoms with E-state index in [9.17, 15) is 9.90 Å². The van der Waals surface area contributed by atoms with E-state index in [1.807, 2.05) is 20.0 Å². The van der Waals surface area contributed by atoms with Crippen molar-refractivity contribution < 1.29 is 34.4 Å². The number of aromatic nitrogens is 1. The molecule has 0 saturated carbocycles. The number of aliphatic hydroxyl groups excluding tert-OH is 1. The molecule has 0 unspecified atom stereocenters. The van der Waals surface area contributed by atoms with Crippen LogP contribution in [0.2, 0.25) is 0 Å². The topological polar surface area (TPSA) is 63.3 Å². The van der Waals surface area contributed by atoms with Gasteiger partial charge in [-0.05, 0) is 87.3 Å². The summed E-state index contributed by atoms with van der Waals surface area (Å²) in [5, 5.41) is 17.7. The van der Waals surface area contributed by atoms with Crippen LogP contribution in [-0.2, 0) is 41.1 Å². The molecule has 0 spiro atoms. The second-order valence-electron chi connectivity index (χ2n) is 21.9. The number of carbonyl (C=O) groups is 1. The molecule has 0 saturated heterocycles. The third-order valence-electron chi connectivity index (χ3n) is 15.3. The second-order valence-corrected chi connectivity index (χ2v) is 21.9. The molecule has 2 aromatic heterocycles. The van der Waals surface area contributed by atoms with E-state index in [-0.39, 0.29) is 77.0 Å². The fraction of sp³-hybridized carbons (Fsp3) is 0.500. The number of rotatable bonds is 8. The maximum Gasteiger partial charge on any atom is 0.165 e. The number of aliphatic hydroxyl groups is 1. The summed E-state index contributed by atoms with van der Waals surface area (Å²) in [4.78, 5) is 17.7. The van der Waals surface area contributed by atoms with E-state index in [1.54, 1.807) is 0 Å². The molecule has 7 rings (SSSR count). The molecule has 1 aliphatic carbocycles. The summed E-state index contributed by atoms with van der Waals surface area (Å²) in [5.74, 6) is 1.27. The number of benzene rings is 4. The predicted molar refractivity (Wildman–Crippen MR) is 256 cm³/mol. The maximum atomic E-state index is 12.8. The molecule has 0 fully saturated rings. The van der Waals surface area contributed by atoms with E-state index in [4.69, 9.17) is 9.40 Å². The van der Waals surface area contributed by atoms with Gasteiger partial charge < -0.3 is 9.52 Å². The van der Waals surface area contributed by atoms with Crippen molar-refractivity contribution in [2.45, 2.75) is 147 Å². The molecule has 0 bridgehead atoms. The second kappa shape index (κ2) is 17.1. The zero-order chi connectivity index (χ0) is 44.5.